The molecule has 0 fully saturated rings. The van der Waals surface area contributed by atoms with Gasteiger partial charge < -0.3 is 15.4 Å². The SMILES string of the molecule is Cc1c(C(=O)NCCN(C(C)C)C(C)C)cn2ncc(C#N)c(Nc3ccc(Oc4ccccc4)cc3)c12. The predicted molar refractivity (Wildman–Crippen MR) is 150 cm³/mol. The number of ether oxygens (including phenoxy) is 1. The van der Waals surface area contributed by atoms with Crippen LogP contribution in [0.3, 0.4) is 0 Å². The van der Waals surface area contributed by atoms with Crippen LogP contribution in [0.25, 0.3) is 5.52 Å². The first-order chi connectivity index (χ1) is 18.3. The number of benzene rings is 2. The maximum atomic E-state index is 13.1. The number of anilines is 2. The van der Waals surface area contributed by atoms with Crippen LogP contribution in [0.4, 0.5) is 11.4 Å². The van der Waals surface area contributed by atoms with Gasteiger partial charge in [0.15, 0.2) is 0 Å². The van der Waals surface area contributed by atoms with Crippen LogP contribution in [0.2, 0.25) is 0 Å². The summed E-state index contributed by atoms with van der Waals surface area (Å²) in [5, 5.41) is 20.6. The molecule has 8 heteroatoms. The lowest BCUT2D eigenvalue weighted by molar-refractivity contribution is 0.0939. The molecule has 0 saturated heterocycles. The molecule has 2 N–H and O–H groups in total. The van der Waals surface area contributed by atoms with E-state index < -0.39 is 0 Å². The predicted octanol–water partition coefficient (Wildman–Crippen LogP) is 5.90. The van der Waals surface area contributed by atoms with Crippen LogP contribution < -0.4 is 15.4 Å². The summed E-state index contributed by atoms with van der Waals surface area (Å²) >= 11 is 0. The molecular weight excluding hydrogens is 476 g/mol. The fourth-order valence-corrected chi connectivity index (χ4v) is 4.61. The summed E-state index contributed by atoms with van der Waals surface area (Å²) in [7, 11) is 0. The summed E-state index contributed by atoms with van der Waals surface area (Å²) in [5.74, 6) is 1.30. The number of hydrogen-bond donors (Lipinski definition) is 2. The van der Waals surface area contributed by atoms with E-state index in [1.165, 1.54) is 6.20 Å². The van der Waals surface area contributed by atoms with Crippen LogP contribution in [0.1, 0.15) is 49.2 Å². The quantitative estimate of drug-likeness (QED) is 0.276. The molecule has 8 nitrogen and oxygen atoms in total. The monoisotopic (exact) mass is 510 g/mol. The van der Waals surface area contributed by atoms with Gasteiger partial charge in [-0.05, 0) is 76.6 Å². The van der Waals surface area contributed by atoms with Gasteiger partial charge in [0, 0.05) is 37.1 Å². The van der Waals surface area contributed by atoms with E-state index in [0.717, 1.165) is 23.5 Å². The number of fused-ring (bicyclic) bond motifs is 1. The Bertz CT molecular complexity index is 1430. The molecule has 2 aromatic heterocycles. The second-order valence-corrected chi connectivity index (χ2v) is 9.75. The molecule has 2 aromatic carbocycles. The zero-order valence-electron chi connectivity index (χ0n) is 22.5. The summed E-state index contributed by atoms with van der Waals surface area (Å²) in [5.41, 5.74) is 3.74. The van der Waals surface area contributed by atoms with Gasteiger partial charge in [-0.15, -0.1) is 0 Å². The highest BCUT2D eigenvalue weighted by Gasteiger charge is 2.20. The standard InChI is InChI=1S/C30H34N6O2/c1-20(2)35(21(3)4)16-15-32-30(37)27-19-36-29(22(27)5)28(23(17-31)18-33-36)34-24-11-13-26(14-12-24)38-25-9-7-6-8-10-25/h6-14,18-21,34H,15-16H2,1-5H3,(H,32,37). The van der Waals surface area contributed by atoms with Crippen molar-refractivity contribution in [2.24, 2.45) is 0 Å². The Balaban J connectivity index is 1.55. The van der Waals surface area contributed by atoms with Crippen molar-refractivity contribution in [2.75, 3.05) is 18.4 Å². The first kappa shape index (κ1) is 26.7. The van der Waals surface area contributed by atoms with Crippen LogP contribution >= 0.6 is 0 Å². The zero-order chi connectivity index (χ0) is 27.2. The van der Waals surface area contributed by atoms with E-state index >= 15 is 0 Å². The maximum absolute atomic E-state index is 13.1. The van der Waals surface area contributed by atoms with Gasteiger partial charge in [-0.3, -0.25) is 9.69 Å². The van der Waals surface area contributed by atoms with Gasteiger partial charge >= 0.3 is 0 Å². The average molecular weight is 511 g/mol. The van der Waals surface area contributed by atoms with Crippen LogP contribution in [0.15, 0.2) is 67.0 Å². The van der Waals surface area contributed by atoms with Gasteiger partial charge in [0.1, 0.15) is 17.6 Å². The first-order valence-electron chi connectivity index (χ1n) is 12.8. The Morgan fingerprint density at radius 3 is 2.34 bits per heavy atom. The van der Waals surface area contributed by atoms with Gasteiger partial charge in [0.25, 0.3) is 5.91 Å². The molecule has 0 saturated carbocycles. The Morgan fingerprint density at radius 2 is 1.71 bits per heavy atom. The normalized spacial score (nSPS) is 11.2. The zero-order valence-corrected chi connectivity index (χ0v) is 22.5. The van der Waals surface area contributed by atoms with Gasteiger partial charge in [-0.1, -0.05) is 18.2 Å². The van der Waals surface area contributed by atoms with E-state index in [-0.39, 0.29) is 5.91 Å². The minimum atomic E-state index is -0.160. The smallest absolute Gasteiger partial charge is 0.253 e. The van der Waals surface area contributed by atoms with Crippen LogP contribution in [0.5, 0.6) is 11.5 Å². The molecule has 0 aliphatic heterocycles. The number of aryl methyl sites for hydroxylation is 1. The number of carbonyl (C=O) groups is 1. The Hall–Kier alpha value is -4.35. The van der Waals surface area contributed by atoms with Crippen molar-refractivity contribution < 1.29 is 9.53 Å². The minimum absolute atomic E-state index is 0.160. The van der Waals surface area contributed by atoms with Gasteiger partial charge in [0.05, 0.1) is 28.5 Å². The third kappa shape index (κ3) is 5.96. The molecule has 4 rings (SSSR count). The Labute approximate surface area is 223 Å². The van der Waals surface area contributed by atoms with E-state index in [9.17, 15) is 10.1 Å². The number of nitriles is 1. The molecular formula is C30H34N6O2. The van der Waals surface area contributed by atoms with Gasteiger partial charge in [0.2, 0.25) is 0 Å². The van der Waals surface area contributed by atoms with Crippen LogP contribution in [0, 0.1) is 18.3 Å². The van der Waals surface area contributed by atoms with Crippen molar-refractivity contribution >= 4 is 22.8 Å². The molecule has 0 radical (unpaired) electrons. The highest BCUT2D eigenvalue weighted by molar-refractivity contribution is 6.00. The molecule has 0 aliphatic carbocycles. The Morgan fingerprint density at radius 1 is 1.05 bits per heavy atom. The molecule has 0 aliphatic rings. The van der Waals surface area contributed by atoms with Crippen molar-refractivity contribution in [2.45, 2.75) is 46.7 Å². The van der Waals surface area contributed by atoms with Crippen molar-refractivity contribution in [3.8, 4) is 17.6 Å². The fraction of sp³-hybridized carbons (Fsp3) is 0.300. The van der Waals surface area contributed by atoms with Gasteiger partial charge in [-0.25, -0.2) is 4.52 Å². The average Bonchev–Trinajstić information content (AvgIpc) is 3.24. The molecule has 0 atom stereocenters. The number of carbonyl (C=O) groups excluding carboxylic acids is 1. The van der Waals surface area contributed by atoms with E-state index in [0.29, 0.717) is 46.7 Å². The Kier molecular flexibility index (Phi) is 8.29. The fourth-order valence-electron chi connectivity index (χ4n) is 4.61. The number of rotatable bonds is 10. The van der Waals surface area contributed by atoms with Crippen LogP contribution in [-0.4, -0.2) is 45.6 Å². The van der Waals surface area contributed by atoms with E-state index in [1.54, 1.807) is 10.7 Å². The minimum Gasteiger partial charge on any atom is -0.457 e. The lowest BCUT2D eigenvalue weighted by Crippen LogP contribution is -2.42. The molecule has 1 amide bonds. The summed E-state index contributed by atoms with van der Waals surface area (Å²) in [6.45, 7) is 11.8. The molecule has 196 valence electrons. The molecule has 4 aromatic rings. The van der Waals surface area contributed by atoms with Crippen molar-refractivity contribution in [3.05, 3.63) is 83.7 Å². The van der Waals surface area contributed by atoms with E-state index in [1.807, 2.05) is 61.5 Å². The molecule has 2 heterocycles. The highest BCUT2D eigenvalue weighted by Crippen LogP contribution is 2.31. The molecule has 38 heavy (non-hydrogen) atoms. The second-order valence-electron chi connectivity index (χ2n) is 9.75. The lowest BCUT2D eigenvalue weighted by atomic mass is 10.1. The van der Waals surface area contributed by atoms with E-state index in [4.69, 9.17) is 4.74 Å². The van der Waals surface area contributed by atoms with Gasteiger partial charge in [-0.2, -0.15) is 10.4 Å². The first-order valence-corrected chi connectivity index (χ1v) is 12.8. The number of aromatic nitrogens is 2. The van der Waals surface area contributed by atoms with Crippen LogP contribution in [-0.2, 0) is 0 Å². The number of para-hydroxylation sites is 1. The maximum Gasteiger partial charge on any atom is 0.253 e. The van der Waals surface area contributed by atoms with Crippen molar-refractivity contribution in [1.29, 1.82) is 5.26 Å². The third-order valence-corrected chi connectivity index (χ3v) is 6.51. The summed E-state index contributed by atoms with van der Waals surface area (Å²) < 4.78 is 7.53. The highest BCUT2D eigenvalue weighted by atomic mass is 16.5. The summed E-state index contributed by atoms with van der Waals surface area (Å²) in [6.07, 6.45) is 3.22. The summed E-state index contributed by atoms with van der Waals surface area (Å²) in [6, 6.07) is 20.1. The number of hydrogen-bond acceptors (Lipinski definition) is 6. The molecule has 0 unspecified atom stereocenters. The largest absolute Gasteiger partial charge is 0.457 e. The van der Waals surface area contributed by atoms with Crippen molar-refractivity contribution in [1.82, 2.24) is 19.8 Å². The number of nitrogens with zero attached hydrogens (tertiary/aromatic N) is 4. The van der Waals surface area contributed by atoms with E-state index in [2.05, 4.69) is 54.4 Å². The van der Waals surface area contributed by atoms with Crippen molar-refractivity contribution in [3.63, 3.8) is 0 Å². The summed E-state index contributed by atoms with van der Waals surface area (Å²) in [4.78, 5) is 15.4. The molecule has 0 spiro atoms. The molecule has 0 bridgehead atoms. The number of nitrogens with one attached hydrogen (secondary N) is 2. The number of amides is 1. The third-order valence-electron chi connectivity index (χ3n) is 6.51. The second kappa shape index (κ2) is 11.8. The lowest BCUT2D eigenvalue weighted by Gasteiger charge is -2.30. The topological polar surface area (TPSA) is 94.7 Å².